The molecule has 2 aliphatic rings. The first-order valence-electron chi connectivity index (χ1n) is 6.87. The van der Waals surface area contributed by atoms with E-state index in [4.69, 9.17) is 0 Å². The highest BCUT2D eigenvalue weighted by atomic mass is 16.2. The number of hydrogen-bond acceptors (Lipinski definition) is 3. The molecule has 0 spiro atoms. The minimum absolute atomic E-state index is 0.269. The van der Waals surface area contributed by atoms with Crippen molar-refractivity contribution in [3.63, 3.8) is 0 Å². The van der Waals surface area contributed by atoms with Crippen LogP contribution in [0.15, 0.2) is 0 Å². The number of hydrogen-bond donors (Lipinski definition) is 0. The molecule has 4 heteroatoms. The van der Waals surface area contributed by atoms with Gasteiger partial charge in [0.05, 0.1) is 5.92 Å². The van der Waals surface area contributed by atoms with Gasteiger partial charge in [-0.05, 0) is 20.4 Å². The normalized spacial score (nSPS) is 24.1. The van der Waals surface area contributed by atoms with Crippen LogP contribution in [0.3, 0.4) is 0 Å². The van der Waals surface area contributed by atoms with E-state index in [0.29, 0.717) is 11.9 Å². The second-order valence-corrected chi connectivity index (χ2v) is 5.50. The summed E-state index contributed by atoms with van der Waals surface area (Å²) in [5, 5.41) is 0. The molecule has 0 unspecified atom stereocenters. The summed E-state index contributed by atoms with van der Waals surface area (Å²) in [7, 11) is 0. The smallest absolute Gasteiger partial charge is 0.228 e. The summed E-state index contributed by atoms with van der Waals surface area (Å²) >= 11 is 0. The Balaban J connectivity index is 1.75. The number of rotatable bonds is 3. The van der Waals surface area contributed by atoms with Gasteiger partial charge in [-0.25, -0.2) is 0 Å². The zero-order valence-corrected chi connectivity index (χ0v) is 11.4. The molecule has 2 rings (SSSR count). The van der Waals surface area contributed by atoms with Gasteiger partial charge in [-0.3, -0.25) is 9.69 Å². The zero-order chi connectivity index (χ0) is 12.4. The van der Waals surface area contributed by atoms with Crippen LogP contribution >= 0.6 is 0 Å². The minimum atomic E-state index is 0.269. The van der Waals surface area contributed by atoms with Crippen LogP contribution in [0.2, 0.25) is 0 Å². The van der Waals surface area contributed by atoms with E-state index in [0.717, 1.165) is 45.8 Å². The molecule has 0 saturated carbocycles. The second kappa shape index (κ2) is 5.36. The van der Waals surface area contributed by atoms with Crippen molar-refractivity contribution in [3.05, 3.63) is 0 Å². The Labute approximate surface area is 105 Å². The van der Waals surface area contributed by atoms with E-state index < -0.39 is 0 Å². The first-order chi connectivity index (χ1) is 8.11. The first kappa shape index (κ1) is 12.8. The van der Waals surface area contributed by atoms with Gasteiger partial charge in [0, 0.05) is 45.3 Å². The third-order valence-electron chi connectivity index (χ3n) is 4.12. The van der Waals surface area contributed by atoms with Crippen molar-refractivity contribution >= 4 is 5.91 Å². The molecular weight excluding hydrogens is 214 g/mol. The van der Waals surface area contributed by atoms with Gasteiger partial charge in [-0.2, -0.15) is 0 Å². The fourth-order valence-corrected chi connectivity index (χ4v) is 2.63. The van der Waals surface area contributed by atoms with Crippen molar-refractivity contribution < 1.29 is 4.79 Å². The second-order valence-electron chi connectivity index (χ2n) is 5.50. The molecule has 0 aromatic carbocycles. The lowest BCUT2D eigenvalue weighted by Crippen LogP contribution is -2.59. The Morgan fingerprint density at radius 2 is 1.76 bits per heavy atom. The SMILES string of the molecule is CCN1CCN(C(=O)C2CN(C(C)C)C2)CC1. The molecule has 4 nitrogen and oxygen atoms in total. The molecule has 0 N–H and O–H groups in total. The van der Waals surface area contributed by atoms with Crippen LogP contribution in [0.5, 0.6) is 0 Å². The van der Waals surface area contributed by atoms with Gasteiger partial charge in [0.15, 0.2) is 0 Å². The summed E-state index contributed by atoms with van der Waals surface area (Å²) in [5.74, 6) is 0.656. The summed E-state index contributed by atoms with van der Waals surface area (Å²) in [5.41, 5.74) is 0. The summed E-state index contributed by atoms with van der Waals surface area (Å²) in [6, 6.07) is 0.580. The molecule has 0 aromatic rings. The van der Waals surface area contributed by atoms with E-state index in [-0.39, 0.29) is 5.92 Å². The van der Waals surface area contributed by atoms with Gasteiger partial charge >= 0.3 is 0 Å². The van der Waals surface area contributed by atoms with Crippen molar-refractivity contribution in [2.45, 2.75) is 26.8 Å². The fourth-order valence-electron chi connectivity index (χ4n) is 2.63. The van der Waals surface area contributed by atoms with Gasteiger partial charge < -0.3 is 9.80 Å². The molecule has 0 atom stereocenters. The highest BCUT2D eigenvalue weighted by Crippen LogP contribution is 2.21. The maximum atomic E-state index is 12.2. The Hall–Kier alpha value is -0.610. The highest BCUT2D eigenvalue weighted by Gasteiger charge is 2.36. The number of amides is 1. The number of piperazine rings is 1. The van der Waals surface area contributed by atoms with Crippen LogP contribution in [0, 0.1) is 5.92 Å². The summed E-state index contributed by atoms with van der Waals surface area (Å²) in [4.78, 5) is 19.1. The zero-order valence-electron chi connectivity index (χ0n) is 11.4. The van der Waals surface area contributed by atoms with Crippen molar-refractivity contribution in [1.82, 2.24) is 14.7 Å². The lowest BCUT2D eigenvalue weighted by atomic mass is 9.96. The Bertz CT molecular complexity index is 266. The third kappa shape index (κ3) is 2.80. The Morgan fingerprint density at radius 3 is 2.24 bits per heavy atom. The predicted molar refractivity (Wildman–Crippen MR) is 68.9 cm³/mol. The van der Waals surface area contributed by atoms with E-state index >= 15 is 0 Å². The maximum Gasteiger partial charge on any atom is 0.228 e. The largest absolute Gasteiger partial charge is 0.340 e. The first-order valence-corrected chi connectivity index (χ1v) is 6.87. The number of carbonyl (C=O) groups is 1. The van der Waals surface area contributed by atoms with Gasteiger partial charge in [-0.15, -0.1) is 0 Å². The van der Waals surface area contributed by atoms with Gasteiger partial charge in [0.2, 0.25) is 5.91 Å². The lowest BCUT2D eigenvalue weighted by Gasteiger charge is -2.44. The topological polar surface area (TPSA) is 26.8 Å². The fraction of sp³-hybridized carbons (Fsp3) is 0.923. The number of likely N-dealkylation sites (N-methyl/N-ethyl adjacent to an activating group) is 1. The molecule has 0 bridgehead atoms. The molecule has 2 heterocycles. The summed E-state index contributed by atoms with van der Waals surface area (Å²) in [6.07, 6.45) is 0. The van der Waals surface area contributed by atoms with Crippen LogP contribution in [0.25, 0.3) is 0 Å². The number of carbonyl (C=O) groups excluding carboxylic acids is 1. The molecule has 0 aliphatic carbocycles. The average Bonchev–Trinajstić information content (AvgIpc) is 2.26. The van der Waals surface area contributed by atoms with Crippen molar-refractivity contribution in [3.8, 4) is 0 Å². The van der Waals surface area contributed by atoms with Gasteiger partial charge in [0.25, 0.3) is 0 Å². The quantitative estimate of drug-likeness (QED) is 0.717. The average molecular weight is 239 g/mol. The molecule has 2 aliphatic heterocycles. The maximum absolute atomic E-state index is 12.2. The molecule has 2 fully saturated rings. The van der Waals surface area contributed by atoms with Crippen molar-refractivity contribution in [1.29, 1.82) is 0 Å². The highest BCUT2D eigenvalue weighted by molar-refractivity contribution is 5.80. The van der Waals surface area contributed by atoms with Crippen molar-refractivity contribution in [2.75, 3.05) is 45.8 Å². The van der Waals surface area contributed by atoms with Gasteiger partial charge in [0.1, 0.15) is 0 Å². The molecule has 17 heavy (non-hydrogen) atoms. The van der Waals surface area contributed by atoms with E-state index in [1.54, 1.807) is 0 Å². The molecule has 98 valence electrons. The molecular formula is C13H25N3O. The molecule has 0 radical (unpaired) electrons. The predicted octanol–water partition coefficient (Wildman–Crippen LogP) is 0.491. The molecule has 2 saturated heterocycles. The number of likely N-dealkylation sites (tertiary alicyclic amines) is 1. The van der Waals surface area contributed by atoms with E-state index in [2.05, 4.69) is 35.5 Å². The van der Waals surface area contributed by atoms with E-state index in [1.807, 2.05) is 0 Å². The minimum Gasteiger partial charge on any atom is -0.340 e. The van der Waals surface area contributed by atoms with Crippen LogP contribution in [0.1, 0.15) is 20.8 Å². The number of nitrogens with zero attached hydrogens (tertiary/aromatic N) is 3. The Kier molecular flexibility index (Phi) is 4.05. The van der Waals surface area contributed by atoms with Crippen LogP contribution in [-0.4, -0.2) is 72.5 Å². The van der Waals surface area contributed by atoms with Crippen LogP contribution in [-0.2, 0) is 4.79 Å². The standard InChI is InChI=1S/C13H25N3O/c1-4-14-5-7-15(8-6-14)13(17)12-9-16(10-12)11(2)3/h11-12H,4-10H2,1-3H3. The van der Waals surface area contributed by atoms with Crippen LogP contribution < -0.4 is 0 Å². The van der Waals surface area contributed by atoms with Gasteiger partial charge in [-0.1, -0.05) is 6.92 Å². The third-order valence-corrected chi connectivity index (χ3v) is 4.12. The Morgan fingerprint density at radius 1 is 1.18 bits per heavy atom. The lowest BCUT2D eigenvalue weighted by molar-refractivity contribution is -0.143. The van der Waals surface area contributed by atoms with E-state index in [9.17, 15) is 4.79 Å². The molecule has 0 aromatic heterocycles. The summed E-state index contributed by atoms with van der Waals surface area (Å²) < 4.78 is 0. The molecule has 1 amide bonds. The summed E-state index contributed by atoms with van der Waals surface area (Å²) in [6.45, 7) is 13.5. The van der Waals surface area contributed by atoms with E-state index in [1.165, 1.54) is 0 Å². The monoisotopic (exact) mass is 239 g/mol. The van der Waals surface area contributed by atoms with Crippen LogP contribution in [0.4, 0.5) is 0 Å². The van der Waals surface area contributed by atoms with Crippen molar-refractivity contribution in [2.24, 2.45) is 5.92 Å².